The van der Waals surface area contributed by atoms with Gasteiger partial charge >= 0.3 is 0 Å². The van der Waals surface area contributed by atoms with Gasteiger partial charge in [0.05, 0.1) is 38.5 Å². The highest BCUT2D eigenvalue weighted by Crippen LogP contribution is 2.30. The zero-order chi connectivity index (χ0) is 18.8. The zero-order valence-electron chi connectivity index (χ0n) is 15.4. The molecule has 4 rings (SSSR count). The number of hydrogen-bond donors (Lipinski definition) is 1. The summed E-state index contributed by atoms with van der Waals surface area (Å²) >= 11 is 0. The third kappa shape index (κ3) is 3.29. The van der Waals surface area contributed by atoms with Gasteiger partial charge in [0, 0.05) is 48.7 Å². The molecule has 1 N–H and O–H groups in total. The van der Waals surface area contributed by atoms with Gasteiger partial charge in [-0.15, -0.1) is 0 Å². The number of anilines is 1. The standard InChI is InChI=1S/C19H20N6O2/c1-24-11-15(9-22-24)13-6-17(26-2)19-14(8-23-25(19)12-13)7-20-16-4-5-18(27-3)21-10-16/h4-6,8-12,20H,7H2,1-3H3. The molecule has 0 amide bonds. The molecule has 4 aromatic heterocycles. The van der Waals surface area contributed by atoms with Gasteiger partial charge in [-0.2, -0.15) is 10.2 Å². The number of aryl methyl sites for hydroxylation is 1. The lowest BCUT2D eigenvalue weighted by molar-refractivity contribution is 0.398. The van der Waals surface area contributed by atoms with E-state index in [0.717, 1.165) is 33.6 Å². The number of ether oxygens (including phenoxy) is 2. The molecule has 138 valence electrons. The van der Waals surface area contributed by atoms with Gasteiger partial charge in [0.2, 0.25) is 5.88 Å². The van der Waals surface area contributed by atoms with Crippen LogP contribution in [0.4, 0.5) is 5.69 Å². The molecule has 0 bridgehead atoms. The quantitative estimate of drug-likeness (QED) is 0.567. The summed E-state index contributed by atoms with van der Waals surface area (Å²) in [5.74, 6) is 1.35. The Bertz CT molecular complexity index is 1070. The molecule has 0 radical (unpaired) electrons. The molecule has 0 fully saturated rings. The molecule has 27 heavy (non-hydrogen) atoms. The fraction of sp³-hybridized carbons (Fsp3) is 0.211. The number of methoxy groups -OCH3 is 2. The van der Waals surface area contributed by atoms with Crippen LogP contribution < -0.4 is 14.8 Å². The van der Waals surface area contributed by atoms with Crippen molar-refractivity contribution >= 4 is 11.2 Å². The van der Waals surface area contributed by atoms with Gasteiger partial charge in [0.1, 0.15) is 11.3 Å². The molecular formula is C19H20N6O2. The van der Waals surface area contributed by atoms with E-state index in [4.69, 9.17) is 9.47 Å². The first-order valence-electron chi connectivity index (χ1n) is 8.45. The zero-order valence-corrected chi connectivity index (χ0v) is 15.4. The molecule has 4 heterocycles. The topological polar surface area (TPSA) is 78.5 Å². The van der Waals surface area contributed by atoms with E-state index in [-0.39, 0.29) is 0 Å². The Hall–Kier alpha value is -3.55. The second-order valence-corrected chi connectivity index (χ2v) is 6.11. The van der Waals surface area contributed by atoms with Crippen LogP contribution >= 0.6 is 0 Å². The third-order valence-corrected chi connectivity index (χ3v) is 4.34. The molecule has 0 atom stereocenters. The molecule has 8 heteroatoms. The maximum absolute atomic E-state index is 5.63. The van der Waals surface area contributed by atoms with E-state index < -0.39 is 0 Å². The van der Waals surface area contributed by atoms with Crippen LogP contribution in [0.5, 0.6) is 11.6 Å². The molecule has 4 aromatic rings. The Morgan fingerprint density at radius 2 is 1.89 bits per heavy atom. The number of pyridine rings is 2. The third-order valence-electron chi connectivity index (χ3n) is 4.34. The van der Waals surface area contributed by atoms with Crippen LogP contribution in [0.3, 0.4) is 0 Å². The van der Waals surface area contributed by atoms with Crippen LogP contribution in [0.15, 0.2) is 49.2 Å². The normalized spacial score (nSPS) is 10.9. The molecule has 8 nitrogen and oxygen atoms in total. The van der Waals surface area contributed by atoms with Gasteiger partial charge in [-0.1, -0.05) is 0 Å². The van der Waals surface area contributed by atoms with E-state index in [1.807, 2.05) is 54.5 Å². The number of aromatic nitrogens is 5. The number of nitrogens with one attached hydrogen (secondary N) is 1. The minimum absolute atomic E-state index is 0.584. The molecule has 0 saturated carbocycles. The van der Waals surface area contributed by atoms with Crippen molar-refractivity contribution in [1.29, 1.82) is 0 Å². The summed E-state index contributed by atoms with van der Waals surface area (Å²) in [6.45, 7) is 0.597. The summed E-state index contributed by atoms with van der Waals surface area (Å²) in [7, 11) is 5.16. The minimum Gasteiger partial charge on any atom is -0.494 e. The van der Waals surface area contributed by atoms with Crippen molar-refractivity contribution in [3.05, 3.63) is 54.7 Å². The Morgan fingerprint density at radius 3 is 2.56 bits per heavy atom. The van der Waals surface area contributed by atoms with Crippen molar-refractivity contribution in [3.63, 3.8) is 0 Å². The van der Waals surface area contributed by atoms with Crippen LogP contribution in [-0.2, 0) is 13.6 Å². The molecule has 0 unspecified atom stereocenters. The lowest BCUT2D eigenvalue weighted by Gasteiger charge is -2.09. The molecule has 0 aliphatic heterocycles. The fourth-order valence-electron chi connectivity index (χ4n) is 2.96. The number of nitrogens with zero attached hydrogens (tertiary/aromatic N) is 5. The van der Waals surface area contributed by atoms with Gasteiger partial charge < -0.3 is 14.8 Å². The average Bonchev–Trinajstić information content (AvgIpc) is 3.32. The van der Waals surface area contributed by atoms with Crippen molar-refractivity contribution in [3.8, 4) is 22.8 Å². The summed E-state index contributed by atoms with van der Waals surface area (Å²) < 4.78 is 14.3. The van der Waals surface area contributed by atoms with Gasteiger partial charge in [-0.3, -0.25) is 4.68 Å². The monoisotopic (exact) mass is 364 g/mol. The average molecular weight is 364 g/mol. The minimum atomic E-state index is 0.584. The van der Waals surface area contributed by atoms with Crippen molar-refractivity contribution in [2.75, 3.05) is 19.5 Å². The van der Waals surface area contributed by atoms with Crippen LogP contribution in [-0.4, -0.2) is 38.6 Å². The van der Waals surface area contributed by atoms with Gasteiger partial charge in [0.25, 0.3) is 0 Å². The van der Waals surface area contributed by atoms with Crippen molar-refractivity contribution < 1.29 is 9.47 Å². The molecule has 0 aromatic carbocycles. The second-order valence-electron chi connectivity index (χ2n) is 6.11. The van der Waals surface area contributed by atoms with Crippen LogP contribution in [0.2, 0.25) is 0 Å². The van der Waals surface area contributed by atoms with E-state index >= 15 is 0 Å². The van der Waals surface area contributed by atoms with E-state index in [1.54, 1.807) is 25.1 Å². The summed E-state index contributed by atoms with van der Waals surface area (Å²) in [5, 5.41) is 12.1. The van der Waals surface area contributed by atoms with Crippen LogP contribution in [0.1, 0.15) is 5.56 Å². The molecular weight excluding hydrogens is 344 g/mol. The van der Waals surface area contributed by atoms with Gasteiger partial charge in [-0.25, -0.2) is 9.50 Å². The lowest BCUT2D eigenvalue weighted by atomic mass is 10.1. The second kappa shape index (κ2) is 6.99. The first-order chi connectivity index (χ1) is 13.2. The van der Waals surface area contributed by atoms with Crippen LogP contribution in [0.25, 0.3) is 16.6 Å². The highest BCUT2D eigenvalue weighted by atomic mass is 16.5. The molecule has 0 aliphatic carbocycles. The van der Waals surface area contributed by atoms with E-state index in [2.05, 4.69) is 20.5 Å². The maximum atomic E-state index is 5.63. The first kappa shape index (κ1) is 16.9. The molecule has 0 spiro atoms. The van der Waals surface area contributed by atoms with Gasteiger partial charge in [-0.05, 0) is 12.1 Å². The summed E-state index contributed by atoms with van der Waals surface area (Å²) in [6.07, 6.45) is 9.34. The van der Waals surface area contributed by atoms with E-state index in [0.29, 0.717) is 12.4 Å². The van der Waals surface area contributed by atoms with Crippen LogP contribution in [0, 0.1) is 0 Å². The Kier molecular flexibility index (Phi) is 4.37. The first-order valence-corrected chi connectivity index (χ1v) is 8.45. The smallest absolute Gasteiger partial charge is 0.213 e. The van der Waals surface area contributed by atoms with Crippen molar-refractivity contribution in [2.45, 2.75) is 6.54 Å². The summed E-state index contributed by atoms with van der Waals surface area (Å²) in [6, 6.07) is 5.75. The Labute approximate surface area is 156 Å². The molecule has 0 aliphatic rings. The van der Waals surface area contributed by atoms with Crippen molar-refractivity contribution in [2.24, 2.45) is 7.05 Å². The largest absolute Gasteiger partial charge is 0.494 e. The highest BCUT2D eigenvalue weighted by molar-refractivity contribution is 5.73. The predicted molar refractivity (Wildman–Crippen MR) is 102 cm³/mol. The SMILES string of the molecule is COc1ccc(NCc2cnn3cc(-c4cnn(C)c4)cc(OC)c23)cn1. The van der Waals surface area contributed by atoms with Crippen molar-refractivity contribution in [1.82, 2.24) is 24.4 Å². The number of hydrogen-bond acceptors (Lipinski definition) is 6. The lowest BCUT2D eigenvalue weighted by Crippen LogP contribution is -2.01. The number of fused-ring (bicyclic) bond motifs is 1. The summed E-state index contributed by atoms with van der Waals surface area (Å²) in [5.41, 5.74) is 4.87. The Balaban J connectivity index is 1.63. The predicted octanol–water partition coefficient (Wildman–Crippen LogP) is 2.76. The van der Waals surface area contributed by atoms with Gasteiger partial charge in [0.15, 0.2) is 0 Å². The Morgan fingerprint density at radius 1 is 1.00 bits per heavy atom. The maximum Gasteiger partial charge on any atom is 0.213 e. The highest BCUT2D eigenvalue weighted by Gasteiger charge is 2.13. The molecule has 0 saturated heterocycles. The fourth-order valence-corrected chi connectivity index (χ4v) is 2.96. The van der Waals surface area contributed by atoms with E-state index in [1.165, 1.54) is 0 Å². The number of rotatable bonds is 6. The summed E-state index contributed by atoms with van der Waals surface area (Å²) in [4.78, 5) is 4.20. The van der Waals surface area contributed by atoms with E-state index in [9.17, 15) is 0 Å².